The van der Waals surface area contributed by atoms with E-state index in [0.717, 1.165) is 16.7 Å². The molecule has 0 saturated heterocycles. The van der Waals surface area contributed by atoms with Gasteiger partial charge in [0.15, 0.2) is 17.5 Å². The van der Waals surface area contributed by atoms with Gasteiger partial charge in [0.2, 0.25) is 5.88 Å². The highest BCUT2D eigenvalue weighted by molar-refractivity contribution is 5.79. The highest BCUT2D eigenvalue weighted by Gasteiger charge is 2.06. The Morgan fingerprint density at radius 1 is 0.839 bits per heavy atom. The first-order valence-corrected chi connectivity index (χ1v) is 9.99. The van der Waals surface area contributed by atoms with E-state index >= 15 is 0 Å². The molecule has 0 radical (unpaired) electrons. The van der Waals surface area contributed by atoms with Crippen molar-refractivity contribution in [3.05, 3.63) is 83.6 Å². The zero-order valence-corrected chi connectivity index (χ0v) is 18.1. The number of guanidine groups is 1. The average Bonchev–Trinajstić information content (AvgIpc) is 2.83. The molecule has 1 aromatic heterocycles. The molecule has 0 aliphatic rings. The Morgan fingerprint density at radius 3 is 2.23 bits per heavy atom. The molecule has 2 aromatic carbocycles. The molecule has 7 heteroatoms. The van der Waals surface area contributed by atoms with Crippen molar-refractivity contribution < 1.29 is 14.2 Å². The van der Waals surface area contributed by atoms with Crippen LogP contribution in [0.3, 0.4) is 0 Å². The number of aliphatic imine (C=N–C) groups is 1. The zero-order valence-electron chi connectivity index (χ0n) is 18.1. The number of rotatable bonds is 9. The Morgan fingerprint density at radius 2 is 1.55 bits per heavy atom. The lowest BCUT2D eigenvalue weighted by Gasteiger charge is -2.14. The predicted molar refractivity (Wildman–Crippen MR) is 122 cm³/mol. The van der Waals surface area contributed by atoms with Gasteiger partial charge in [0.25, 0.3) is 0 Å². The van der Waals surface area contributed by atoms with E-state index < -0.39 is 0 Å². The molecule has 0 spiro atoms. The third kappa shape index (κ3) is 6.64. The van der Waals surface area contributed by atoms with Crippen LogP contribution in [0.25, 0.3) is 0 Å². The number of nitrogens with one attached hydrogen (secondary N) is 2. The molecule has 0 bridgehead atoms. The quantitative estimate of drug-likeness (QED) is 0.407. The first-order chi connectivity index (χ1) is 15.2. The molecule has 0 aliphatic heterocycles. The van der Waals surface area contributed by atoms with Crippen LogP contribution in [0.4, 0.5) is 0 Å². The number of nitrogens with zero attached hydrogens (tertiary/aromatic N) is 2. The number of hydrogen-bond acceptors (Lipinski definition) is 5. The molecular formula is C24H28N4O3. The van der Waals surface area contributed by atoms with E-state index in [-0.39, 0.29) is 0 Å². The summed E-state index contributed by atoms with van der Waals surface area (Å²) in [6, 6.07) is 19.7. The molecular weight excluding hydrogens is 392 g/mol. The van der Waals surface area contributed by atoms with Gasteiger partial charge in [0.1, 0.15) is 6.61 Å². The number of benzene rings is 2. The van der Waals surface area contributed by atoms with E-state index in [9.17, 15) is 0 Å². The predicted octanol–water partition coefficient (Wildman–Crippen LogP) is 3.54. The fourth-order valence-corrected chi connectivity index (χ4v) is 2.95. The maximum Gasteiger partial charge on any atom is 0.213 e. The number of hydrogen-bond donors (Lipinski definition) is 2. The van der Waals surface area contributed by atoms with Crippen molar-refractivity contribution in [1.29, 1.82) is 0 Å². The van der Waals surface area contributed by atoms with Gasteiger partial charge in [-0.3, -0.25) is 4.99 Å². The summed E-state index contributed by atoms with van der Waals surface area (Å²) in [7, 11) is 4.99. The van der Waals surface area contributed by atoms with Crippen LogP contribution in [0.1, 0.15) is 16.7 Å². The number of pyridine rings is 1. The van der Waals surface area contributed by atoms with Gasteiger partial charge >= 0.3 is 0 Å². The highest BCUT2D eigenvalue weighted by atomic mass is 16.5. The maximum atomic E-state index is 5.81. The van der Waals surface area contributed by atoms with Crippen LogP contribution in [-0.2, 0) is 19.7 Å². The van der Waals surface area contributed by atoms with Gasteiger partial charge in [-0.2, -0.15) is 0 Å². The van der Waals surface area contributed by atoms with E-state index in [4.69, 9.17) is 14.2 Å². The minimum absolute atomic E-state index is 0.485. The molecule has 0 unspecified atom stereocenters. The second-order valence-corrected chi connectivity index (χ2v) is 6.75. The van der Waals surface area contributed by atoms with Crippen molar-refractivity contribution in [2.45, 2.75) is 19.7 Å². The normalized spacial score (nSPS) is 11.0. The van der Waals surface area contributed by atoms with Crippen LogP contribution in [0.15, 0.2) is 71.9 Å². The molecule has 0 fully saturated rings. The molecule has 3 aromatic rings. The van der Waals surface area contributed by atoms with Gasteiger partial charge in [0.05, 0.1) is 14.2 Å². The zero-order chi connectivity index (χ0) is 21.9. The minimum Gasteiger partial charge on any atom is -0.493 e. The van der Waals surface area contributed by atoms with Crippen LogP contribution in [0.5, 0.6) is 17.4 Å². The standard InChI is InChI=1S/C24H28N4O3/c1-25-24(27-15-19-9-10-21(29-2)22(13-19)30-3)28-16-20-11-12-26-23(14-20)31-17-18-7-5-4-6-8-18/h4-14H,15-17H2,1-3H3,(H2,25,27,28). The summed E-state index contributed by atoms with van der Waals surface area (Å²) < 4.78 is 16.4. The summed E-state index contributed by atoms with van der Waals surface area (Å²) in [6.45, 7) is 1.68. The van der Waals surface area contributed by atoms with Crippen LogP contribution in [0.2, 0.25) is 0 Å². The fourth-order valence-electron chi connectivity index (χ4n) is 2.95. The Bertz CT molecular complexity index is 993. The summed E-state index contributed by atoms with van der Waals surface area (Å²) in [4.78, 5) is 8.57. The second-order valence-electron chi connectivity index (χ2n) is 6.75. The monoisotopic (exact) mass is 420 g/mol. The molecule has 1 heterocycles. The molecule has 162 valence electrons. The van der Waals surface area contributed by atoms with Gasteiger partial charge < -0.3 is 24.8 Å². The molecule has 7 nitrogen and oxygen atoms in total. The number of aromatic nitrogens is 1. The fraction of sp³-hybridized carbons (Fsp3) is 0.250. The molecule has 0 atom stereocenters. The summed E-state index contributed by atoms with van der Waals surface area (Å²) in [6.07, 6.45) is 1.75. The molecule has 0 saturated carbocycles. The van der Waals surface area contributed by atoms with Gasteiger partial charge in [-0.1, -0.05) is 36.4 Å². The maximum absolute atomic E-state index is 5.81. The molecule has 31 heavy (non-hydrogen) atoms. The molecule has 3 rings (SSSR count). The van der Waals surface area contributed by atoms with E-state index in [1.807, 2.05) is 60.7 Å². The summed E-state index contributed by atoms with van der Waals surface area (Å²) in [5.74, 6) is 2.69. The van der Waals surface area contributed by atoms with Crippen molar-refractivity contribution >= 4 is 5.96 Å². The summed E-state index contributed by atoms with van der Waals surface area (Å²) in [5.41, 5.74) is 3.21. The first kappa shape index (κ1) is 22.0. The van der Waals surface area contributed by atoms with E-state index in [0.29, 0.717) is 43.0 Å². The smallest absolute Gasteiger partial charge is 0.213 e. The van der Waals surface area contributed by atoms with Crippen LogP contribution in [-0.4, -0.2) is 32.2 Å². The lowest BCUT2D eigenvalue weighted by Crippen LogP contribution is -2.36. The van der Waals surface area contributed by atoms with Crippen LogP contribution < -0.4 is 24.8 Å². The summed E-state index contributed by atoms with van der Waals surface area (Å²) in [5, 5.41) is 6.61. The second kappa shape index (κ2) is 11.4. The third-order valence-corrected chi connectivity index (χ3v) is 4.62. The molecule has 0 aliphatic carbocycles. The van der Waals surface area contributed by atoms with Gasteiger partial charge in [-0.25, -0.2) is 4.98 Å². The van der Waals surface area contributed by atoms with Gasteiger partial charge in [-0.15, -0.1) is 0 Å². The first-order valence-electron chi connectivity index (χ1n) is 9.99. The Balaban J connectivity index is 1.51. The SMILES string of the molecule is CN=C(NCc1ccnc(OCc2ccccc2)c1)NCc1ccc(OC)c(OC)c1. The van der Waals surface area contributed by atoms with E-state index in [1.54, 1.807) is 27.5 Å². The van der Waals surface area contributed by atoms with Crippen molar-refractivity contribution in [2.24, 2.45) is 4.99 Å². The van der Waals surface area contributed by atoms with Gasteiger partial charge in [-0.05, 0) is 34.9 Å². The minimum atomic E-state index is 0.485. The highest BCUT2D eigenvalue weighted by Crippen LogP contribution is 2.27. The molecule has 0 amide bonds. The largest absolute Gasteiger partial charge is 0.493 e. The topological polar surface area (TPSA) is 77.0 Å². The Hall–Kier alpha value is -3.74. The number of ether oxygens (including phenoxy) is 3. The van der Waals surface area contributed by atoms with Crippen molar-refractivity contribution in [3.8, 4) is 17.4 Å². The Labute approximate surface area is 183 Å². The lowest BCUT2D eigenvalue weighted by atomic mass is 10.2. The van der Waals surface area contributed by atoms with E-state index in [1.165, 1.54) is 0 Å². The number of methoxy groups -OCH3 is 2. The van der Waals surface area contributed by atoms with Gasteiger partial charge in [0, 0.05) is 32.4 Å². The van der Waals surface area contributed by atoms with Crippen LogP contribution in [0, 0.1) is 0 Å². The average molecular weight is 421 g/mol. The molecule has 2 N–H and O–H groups in total. The lowest BCUT2D eigenvalue weighted by molar-refractivity contribution is 0.293. The van der Waals surface area contributed by atoms with Crippen molar-refractivity contribution in [3.63, 3.8) is 0 Å². The third-order valence-electron chi connectivity index (χ3n) is 4.62. The van der Waals surface area contributed by atoms with Crippen molar-refractivity contribution in [2.75, 3.05) is 21.3 Å². The van der Waals surface area contributed by atoms with Crippen molar-refractivity contribution in [1.82, 2.24) is 15.6 Å². The summed E-state index contributed by atoms with van der Waals surface area (Å²) >= 11 is 0. The Kier molecular flexibility index (Phi) is 8.11. The van der Waals surface area contributed by atoms with Crippen LogP contribution >= 0.6 is 0 Å². The van der Waals surface area contributed by atoms with E-state index in [2.05, 4.69) is 20.6 Å².